The summed E-state index contributed by atoms with van der Waals surface area (Å²) >= 11 is 0. The number of aliphatic imine (C=N–C) groups is 1. The van der Waals surface area contributed by atoms with E-state index in [4.69, 9.17) is 20.9 Å². The van der Waals surface area contributed by atoms with E-state index >= 15 is 0 Å². The van der Waals surface area contributed by atoms with Gasteiger partial charge in [0.15, 0.2) is 29.1 Å². The number of nitrogens with zero attached hydrogens (tertiary/aromatic N) is 5. The molecule has 5 N–H and O–H groups in total. The highest BCUT2D eigenvalue weighted by Crippen LogP contribution is 2.41. The van der Waals surface area contributed by atoms with E-state index in [2.05, 4.69) is 25.1 Å². The lowest BCUT2D eigenvalue weighted by atomic mass is 10.0. The Balaban J connectivity index is 1.16. The average Bonchev–Trinajstić information content (AvgIpc) is 2.94. The van der Waals surface area contributed by atoms with Crippen LogP contribution in [0.2, 0.25) is 0 Å². The number of hydrogen-bond acceptors (Lipinski definition) is 9. The van der Waals surface area contributed by atoms with Crippen LogP contribution >= 0.6 is 0 Å². The van der Waals surface area contributed by atoms with E-state index < -0.39 is 0 Å². The molecular formula is C27H38N8O4. The number of carbonyl (C=O) groups is 1. The maximum atomic E-state index is 12.9. The lowest BCUT2D eigenvalue weighted by Gasteiger charge is -2.33. The zero-order valence-electron chi connectivity index (χ0n) is 22.3. The smallest absolute Gasteiger partial charge is 0.350 e. The number of guanidine groups is 1. The number of nitrogens with two attached hydrogens (primary N) is 2. The summed E-state index contributed by atoms with van der Waals surface area (Å²) in [4.78, 5) is 38.7. The first-order chi connectivity index (χ1) is 19.0. The molecule has 0 aliphatic carbocycles. The molecular weight excluding hydrogens is 500 g/mol. The van der Waals surface area contributed by atoms with Crippen molar-refractivity contribution in [1.29, 1.82) is 0 Å². The van der Waals surface area contributed by atoms with E-state index in [0.717, 1.165) is 78.2 Å². The molecule has 12 nitrogen and oxygen atoms in total. The van der Waals surface area contributed by atoms with Gasteiger partial charge in [0, 0.05) is 50.7 Å². The quantitative estimate of drug-likeness (QED) is 0.150. The number of ether oxygens (including phenoxy) is 2. The molecule has 3 aliphatic heterocycles. The molecule has 0 saturated carbocycles. The normalized spacial score (nSPS) is 17.9. The van der Waals surface area contributed by atoms with E-state index in [1.54, 1.807) is 29.0 Å². The van der Waals surface area contributed by atoms with Crippen molar-refractivity contribution in [1.82, 2.24) is 19.4 Å². The van der Waals surface area contributed by atoms with Gasteiger partial charge in [-0.1, -0.05) is 0 Å². The van der Waals surface area contributed by atoms with Crippen molar-refractivity contribution in [3.05, 3.63) is 40.4 Å². The highest BCUT2D eigenvalue weighted by molar-refractivity contribution is 5.97. The van der Waals surface area contributed by atoms with Crippen LogP contribution < -0.4 is 27.2 Å². The Bertz CT molecular complexity index is 1240. The van der Waals surface area contributed by atoms with Gasteiger partial charge < -0.3 is 31.2 Å². The summed E-state index contributed by atoms with van der Waals surface area (Å²) < 4.78 is 13.2. The molecule has 39 heavy (non-hydrogen) atoms. The van der Waals surface area contributed by atoms with Gasteiger partial charge >= 0.3 is 5.69 Å². The number of carbonyl (C=O) groups excluding carboxylic acids is 1. The summed E-state index contributed by atoms with van der Waals surface area (Å²) in [5.74, 6) is 1.69. The Morgan fingerprint density at radius 3 is 2.56 bits per heavy atom. The second-order valence-electron chi connectivity index (χ2n) is 10.3. The van der Waals surface area contributed by atoms with Crippen LogP contribution in [0.1, 0.15) is 48.5 Å². The lowest BCUT2D eigenvalue weighted by Crippen LogP contribution is -2.38. The van der Waals surface area contributed by atoms with E-state index in [9.17, 15) is 9.59 Å². The monoisotopic (exact) mass is 538 g/mol. The molecule has 1 aromatic carbocycles. The maximum absolute atomic E-state index is 12.9. The number of hydrogen-bond donors (Lipinski definition) is 3. The fraction of sp³-hybridized carbons (Fsp3) is 0.556. The van der Waals surface area contributed by atoms with Gasteiger partial charge in [-0.05, 0) is 57.0 Å². The molecule has 0 amide bonds. The summed E-state index contributed by atoms with van der Waals surface area (Å²) in [6, 6.07) is 5.45. The molecule has 0 spiro atoms. The minimum Gasteiger partial charge on any atom is -0.450 e. The number of nitrogens with one attached hydrogen (secondary N) is 1. The number of morpholine rings is 1. The third kappa shape index (κ3) is 6.94. The van der Waals surface area contributed by atoms with Crippen LogP contribution in [-0.4, -0.2) is 90.1 Å². The van der Waals surface area contributed by atoms with E-state index in [1.807, 2.05) is 0 Å². The van der Waals surface area contributed by atoms with Crippen LogP contribution in [0.25, 0.3) is 0 Å². The minimum absolute atomic E-state index is 0.0618. The van der Waals surface area contributed by atoms with Crippen molar-refractivity contribution >= 4 is 23.2 Å². The second kappa shape index (κ2) is 12.6. The highest BCUT2D eigenvalue weighted by Gasteiger charge is 2.26. The van der Waals surface area contributed by atoms with Gasteiger partial charge in [-0.25, -0.2) is 4.79 Å². The zero-order chi connectivity index (χ0) is 27.2. The van der Waals surface area contributed by atoms with Gasteiger partial charge in [-0.15, -0.1) is 0 Å². The largest absolute Gasteiger partial charge is 0.450 e. The standard InChI is InChI=1S/C27H38N8O4/c28-26(29)30-8-2-10-33-11-6-20(7-12-33)35-18-24-25(32-27(35)37)31-21-17-19(4-5-23(21)39-24)22(36)3-1-9-34-13-15-38-16-14-34/h4-5,17-18,20H,1-3,6-16H2,(H4,28,29,30)(H,31,32,37). The fourth-order valence-electron chi connectivity index (χ4n) is 5.37. The number of rotatable bonds is 10. The zero-order valence-corrected chi connectivity index (χ0v) is 22.3. The molecule has 2 aromatic rings. The van der Waals surface area contributed by atoms with Gasteiger partial charge in [0.1, 0.15) is 0 Å². The van der Waals surface area contributed by atoms with Gasteiger partial charge in [-0.3, -0.25) is 19.3 Å². The van der Waals surface area contributed by atoms with E-state index in [-0.39, 0.29) is 23.5 Å². The molecule has 0 atom stereocenters. The van der Waals surface area contributed by atoms with Crippen molar-refractivity contribution in [2.24, 2.45) is 16.5 Å². The van der Waals surface area contributed by atoms with Crippen LogP contribution in [0.5, 0.6) is 11.5 Å². The molecule has 4 heterocycles. The summed E-state index contributed by atoms with van der Waals surface area (Å²) in [6.45, 7) is 7.56. The second-order valence-corrected chi connectivity index (χ2v) is 10.3. The Hall–Kier alpha value is -3.48. The van der Waals surface area contributed by atoms with Gasteiger partial charge in [0.05, 0.1) is 25.1 Å². The Labute approximate surface area is 228 Å². The van der Waals surface area contributed by atoms with Crippen LogP contribution in [0, 0.1) is 0 Å². The third-order valence-corrected chi connectivity index (χ3v) is 7.55. The molecule has 12 heteroatoms. The third-order valence-electron chi connectivity index (χ3n) is 7.55. The summed E-state index contributed by atoms with van der Waals surface area (Å²) in [7, 11) is 0. The number of piperidine rings is 1. The number of benzene rings is 1. The first kappa shape index (κ1) is 27.1. The van der Waals surface area contributed by atoms with Crippen molar-refractivity contribution in [2.45, 2.75) is 38.1 Å². The molecule has 0 bridgehead atoms. The molecule has 2 saturated heterocycles. The van der Waals surface area contributed by atoms with Gasteiger partial charge in [0.2, 0.25) is 0 Å². The fourth-order valence-corrected chi connectivity index (χ4v) is 5.37. The van der Waals surface area contributed by atoms with Crippen LogP contribution in [0.4, 0.5) is 11.5 Å². The molecule has 0 radical (unpaired) electrons. The number of likely N-dealkylation sites (tertiary alicyclic amines) is 1. The summed E-state index contributed by atoms with van der Waals surface area (Å²) in [5.41, 5.74) is 11.7. The predicted molar refractivity (Wildman–Crippen MR) is 149 cm³/mol. The topological polar surface area (TPSA) is 153 Å². The first-order valence-electron chi connectivity index (χ1n) is 13.8. The average molecular weight is 539 g/mol. The van der Waals surface area contributed by atoms with Crippen molar-refractivity contribution < 1.29 is 14.3 Å². The number of aromatic nitrogens is 2. The van der Waals surface area contributed by atoms with Crippen molar-refractivity contribution in [3.63, 3.8) is 0 Å². The molecule has 210 valence electrons. The van der Waals surface area contributed by atoms with Crippen molar-refractivity contribution in [3.8, 4) is 11.5 Å². The van der Waals surface area contributed by atoms with Crippen LogP contribution in [0.3, 0.4) is 0 Å². The molecule has 0 unspecified atom stereocenters. The van der Waals surface area contributed by atoms with Gasteiger partial charge in [-0.2, -0.15) is 4.98 Å². The van der Waals surface area contributed by atoms with E-state index in [1.165, 1.54) is 0 Å². The summed E-state index contributed by atoms with van der Waals surface area (Å²) in [5, 5.41) is 3.20. The number of Topliss-reactive ketones (excluding diaryl/α,β-unsaturated/α-hetero) is 1. The number of anilines is 2. The minimum atomic E-state index is -0.310. The maximum Gasteiger partial charge on any atom is 0.350 e. The SMILES string of the molecule is NC(N)=NCCCN1CCC(n2cc3c(nc2=O)Nc2cc(C(=O)CCCN4CCOCC4)ccc2O3)CC1. The van der Waals surface area contributed by atoms with Crippen molar-refractivity contribution in [2.75, 3.05) is 64.3 Å². The first-order valence-corrected chi connectivity index (χ1v) is 13.8. The van der Waals surface area contributed by atoms with Crippen LogP contribution in [0.15, 0.2) is 34.2 Å². The predicted octanol–water partition coefficient (Wildman–Crippen LogP) is 1.69. The number of fused-ring (bicyclic) bond motifs is 2. The Morgan fingerprint density at radius 2 is 1.79 bits per heavy atom. The van der Waals surface area contributed by atoms with E-state index in [0.29, 0.717) is 41.5 Å². The Kier molecular flexibility index (Phi) is 8.74. The molecule has 5 rings (SSSR count). The van der Waals surface area contributed by atoms with Gasteiger partial charge in [0.25, 0.3) is 0 Å². The lowest BCUT2D eigenvalue weighted by molar-refractivity contribution is 0.0371. The molecule has 3 aliphatic rings. The Morgan fingerprint density at radius 1 is 1.05 bits per heavy atom. The highest BCUT2D eigenvalue weighted by atomic mass is 16.5. The number of ketones is 1. The van der Waals surface area contributed by atoms with Crippen LogP contribution in [-0.2, 0) is 4.74 Å². The molecule has 2 fully saturated rings. The molecule has 1 aromatic heterocycles. The summed E-state index contributed by atoms with van der Waals surface area (Å²) in [6.07, 6.45) is 5.63.